The normalized spacial score (nSPS) is 12.3. The van der Waals surface area contributed by atoms with Gasteiger partial charge < -0.3 is 19.5 Å². The lowest BCUT2D eigenvalue weighted by atomic mass is 10.1. The van der Waals surface area contributed by atoms with Gasteiger partial charge in [-0.05, 0) is 79.7 Å². The van der Waals surface area contributed by atoms with Gasteiger partial charge in [0.05, 0.1) is 29.3 Å². The Hall–Kier alpha value is -7.82. The summed E-state index contributed by atoms with van der Waals surface area (Å²) in [6.07, 6.45) is 5.98. The van der Waals surface area contributed by atoms with Crippen LogP contribution in [-0.4, -0.2) is 51.0 Å². The number of methoxy groups -OCH3 is 1. The maximum atomic E-state index is 14.0. The summed E-state index contributed by atoms with van der Waals surface area (Å²) in [5.41, 5.74) is -2.00. The Balaban J connectivity index is 1.61. The molecule has 1 aliphatic rings. The second-order valence-corrected chi connectivity index (χ2v) is 10.2. The van der Waals surface area contributed by atoms with E-state index in [9.17, 15) is 24.0 Å². The molecule has 1 saturated heterocycles. The molecule has 1 atom stereocenters. The van der Waals surface area contributed by atoms with Crippen molar-refractivity contribution in [2.45, 2.75) is 25.5 Å². The maximum absolute atomic E-state index is 14.0. The third-order valence-electron chi connectivity index (χ3n) is 6.63. The van der Waals surface area contributed by atoms with Gasteiger partial charge in [0.1, 0.15) is 17.7 Å². The van der Waals surface area contributed by atoms with E-state index in [1.807, 2.05) is 0 Å². The van der Waals surface area contributed by atoms with Crippen molar-refractivity contribution in [2.24, 2.45) is 7.05 Å². The highest BCUT2D eigenvalue weighted by Gasteiger charge is 2.53. The average molecular weight is 663 g/mol. The van der Waals surface area contributed by atoms with Crippen molar-refractivity contribution in [3.63, 3.8) is 0 Å². The number of esters is 1. The highest BCUT2D eigenvalue weighted by molar-refractivity contribution is 6.08. The van der Waals surface area contributed by atoms with E-state index >= 15 is 0 Å². The summed E-state index contributed by atoms with van der Waals surface area (Å²) < 4.78 is 16.6. The minimum absolute atomic E-state index is 0.0427. The van der Waals surface area contributed by atoms with Gasteiger partial charge in [0.2, 0.25) is 0 Å². The lowest BCUT2D eigenvalue weighted by Gasteiger charge is -2.25. The molecule has 50 heavy (non-hydrogen) atoms. The number of cyclic esters (lactones) is 1. The Bertz CT molecular complexity index is 2450. The smallest absolute Gasteiger partial charge is 0.418 e. The van der Waals surface area contributed by atoms with Crippen molar-refractivity contribution in [1.29, 1.82) is 0 Å². The lowest BCUT2D eigenvalue weighted by molar-refractivity contribution is -0.139. The molecule has 2 heterocycles. The molecule has 1 N–H and O–H groups in total. The number of hydrogen-bond acceptors (Lipinski definition) is 9. The van der Waals surface area contributed by atoms with Gasteiger partial charge >= 0.3 is 12.1 Å². The Labute approximate surface area is 286 Å². The van der Waals surface area contributed by atoms with Gasteiger partial charge in [-0.15, -0.1) is 6.42 Å². The molecule has 0 aliphatic carbocycles. The number of carbonyl (C=O) groups is 4. The summed E-state index contributed by atoms with van der Waals surface area (Å²) >= 11 is 0. The molecule has 1 fully saturated rings. The largest absolute Gasteiger partial charge is 0.495 e. The van der Waals surface area contributed by atoms with E-state index in [-0.39, 0.29) is 33.7 Å². The number of carbonyl (C=O) groups excluding carboxylic acids is 4. The number of aromatic nitrogens is 2. The van der Waals surface area contributed by atoms with E-state index in [2.05, 4.69) is 87.5 Å². The lowest BCUT2D eigenvalue weighted by Crippen LogP contribution is -2.45. The van der Waals surface area contributed by atoms with Crippen LogP contribution in [0.1, 0.15) is 36.1 Å². The van der Waals surface area contributed by atoms with Gasteiger partial charge in [-0.3, -0.25) is 19.0 Å². The molecule has 3 amide bonds. The average Bonchev–Trinajstić information content (AvgIpc) is 3.30. The number of nitrogens with zero attached hydrogens (tertiary/aromatic N) is 3. The maximum Gasteiger partial charge on any atom is 0.418 e. The summed E-state index contributed by atoms with van der Waals surface area (Å²) in [6.45, 7) is 2.73. The van der Waals surface area contributed by atoms with Crippen LogP contribution in [0.3, 0.4) is 0 Å². The van der Waals surface area contributed by atoms with E-state index in [0.717, 1.165) is 4.57 Å². The van der Waals surface area contributed by atoms with E-state index in [1.54, 1.807) is 24.3 Å². The second-order valence-electron chi connectivity index (χ2n) is 10.2. The molecule has 3 aromatic rings. The molecule has 0 bridgehead atoms. The van der Waals surface area contributed by atoms with Gasteiger partial charge in [0.15, 0.2) is 11.6 Å². The number of anilines is 1. The Morgan fingerprint density at radius 1 is 0.920 bits per heavy atom. The summed E-state index contributed by atoms with van der Waals surface area (Å²) in [5, 5.41) is 2.83. The van der Waals surface area contributed by atoms with Crippen LogP contribution in [0.4, 0.5) is 10.5 Å². The van der Waals surface area contributed by atoms with Crippen LogP contribution in [0.25, 0.3) is 10.9 Å². The van der Waals surface area contributed by atoms with Crippen molar-refractivity contribution in [3.8, 4) is 89.3 Å². The molecule has 1 aromatic heterocycles. The molecule has 4 rings (SSSR count). The van der Waals surface area contributed by atoms with Crippen LogP contribution >= 0.6 is 0 Å². The number of amides is 3. The highest BCUT2D eigenvalue weighted by Crippen LogP contribution is 2.34. The Morgan fingerprint density at radius 2 is 1.54 bits per heavy atom. The van der Waals surface area contributed by atoms with Crippen molar-refractivity contribution >= 4 is 40.5 Å². The molecule has 0 radical (unpaired) electrons. The molecule has 12 heteroatoms. The van der Waals surface area contributed by atoms with Crippen LogP contribution < -0.4 is 15.6 Å². The number of benzene rings is 2. The zero-order valence-electron chi connectivity index (χ0n) is 26.8. The first kappa shape index (κ1) is 35.0. The third kappa shape index (κ3) is 7.93. The predicted molar refractivity (Wildman–Crippen MR) is 180 cm³/mol. The first-order valence-electron chi connectivity index (χ1n) is 14.2. The van der Waals surface area contributed by atoms with Gasteiger partial charge in [-0.2, -0.15) is 0 Å². The fraction of sp³-hybridized carbons (Fsp3) is 0.158. The SMILES string of the molecule is C#CC#CC#CC#CC#CC#CC#COC(=O)c1ccc(OC)c(NC(=O)C(c2nc3ccccc3c(=O)n2C)N2C(=O)OC(C)(C)C2=O)c1. The molecule has 2 aromatic carbocycles. The van der Waals surface area contributed by atoms with E-state index in [0.29, 0.717) is 4.90 Å². The number of rotatable bonds is 6. The summed E-state index contributed by atoms with van der Waals surface area (Å²) in [7, 11) is 2.68. The Morgan fingerprint density at radius 3 is 2.14 bits per heavy atom. The molecule has 0 spiro atoms. The van der Waals surface area contributed by atoms with Gasteiger partial charge in [0, 0.05) is 42.6 Å². The zero-order chi connectivity index (χ0) is 36.3. The number of ether oxygens (including phenoxy) is 3. The topological polar surface area (TPSA) is 146 Å². The molecule has 1 aliphatic heterocycles. The fourth-order valence-electron chi connectivity index (χ4n) is 4.34. The van der Waals surface area contributed by atoms with Crippen LogP contribution in [0.15, 0.2) is 47.3 Å². The first-order chi connectivity index (χ1) is 24.0. The number of nitrogens with one attached hydrogen (secondary N) is 1. The quantitative estimate of drug-likeness (QED) is 0.310. The number of imide groups is 1. The molecule has 242 valence electrons. The molecule has 1 unspecified atom stereocenters. The highest BCUT2D eigenvalue weighted by atomic mass is 16.6. The van der Waals surface area contributed by atoms with Crippen LogP contribution in [-0.2, 0) is 26.1 Å². The number of hydrogen-bond donors (Lipinski definition) is 1. The molecule has 0 saturated carbocycles. The fourth-order valence-corrected chi connectivity index (χ4v) is 4.34. The van der Waals surface area contributed by atoms with Crippen LogP contribution in [0, 0.1) is 83.6 Å². The van der Waals surface area contributed by atoms with E-state index in [1.165, 1.54) is 46.2 Å². The summed E-state index contributed by atoms with van der Waals surface area (Å²) in [5.74, 6) is 25.6. The molecular weight excluding hydrogens is 640 g/mol. The van der Waals surface area contributed by atoms with Gasteiger partial charge in [0.25, 0.3) is 17.4 Å². The van der Waals surface area contributed by atoms with Gasteiger partial charge in [-0.1, -0.05) is 12.1 Å². The monoisotopic (exact) mass is 662 g/mol. The van der Waals surface area contributed by atoms with Crippen molar-refractivity contribution < 1.29 is 33.4 Å². The second kappa shape index (κ2) is 15.6. The van der Waals surface area contributed by atoms with Crippen molar-refractivity contribution in [2.75, 3.05) is 12.4 Å². The van der Waals surface area contributed by atoms with Gasteiger partial charge in [-0.25, -0.2) is 19.5 Å². The Kier molecular flexibility index (Phi) is 11.0. The molecule has 12 nitrogen and oxygen atoms in total. The van der Waals surface area contributed by atoms with Crippen molar-refractivity contribution in [3.05, 3.63) is 64.2 Å². The first-order valence-corrected chi connectivity index (χ1v) is 14.2. The minimum atomic E-state index is -1.78. The van der Waals surface area contributed by atoms with E-state index < -0.39 is 41.1 Å². The minimum Gasteiger partial charge on any atom is -0.495 e. The van der Waals surface area contributed by atoms with E-state index in [4.69, 9.17) is 20.6 Å². The zero-order valence-corrected chi connectivity index (χ0v) is 26.8. The number of terminal acetylenes is 1. The standard InChI is InChI=1S/C38H22N4O8/c1-6-7-8-9-10-11-12-13-14-15-16-19-24-49-35(45)26-22-23-30(48-5)29(25-26)40-33(43)31(42-36(46)38(2,3)50-37(42)47)32-39-28-21-18-17-20-27(28)34(44)41(32)4/h1,17-18,20-23,25,31H,2-5H3,(H,40,43). The third-order valence-corrected chi connectivity index (χ3v) is 6.63. The van der Waals surface area contributed by atoms with Crippen LogP contribution in [0.2, 0.25) is 0 Å². The predicted octanol–water partition coefficient (Wildman–Crippen LogP) is 2.15. The number of fused-ring (bicyclic) bond motifs is 1. The van der Waals surface area contributed by atoms with Crippen molar-refractivity contribution in [1.82, 2.24) is 14.5 Å². The molecular formula is C38H22N4O8. The number of para-hydroxylation sites is 1. The van der Waals surface area contributed by atoms with Crippen LogP contribution in [0.5, 0.6) is 5.75 Å². The summed E-state index contributed by atoms with van der Waals surface area (Å²) in [4.78, 5) is 71.5. The summed E-state index contributed by atoms with van der Waals surface area (Å²) in [6, 6.07) is 8.57.